The Morgan fingerprint density at radius 2 is 2.18 bits per heavy atom. The first-order valence-electron chi connectivity index (χ1n) is 3.61. The van der Waals surface area contributed by atoms with Gasteiger partial charge in [0.15, 0.2) is 0 Å². The fourth-order valence-electron chi connectivity index (χ4n) is 0.610. The standard InChI is InChI=1S/C6H12ClO3P/c1-6(5-7)10-11-8-3-2-4-9-11/h6H,2-5H2,1H3. The van der Waals surface area contributed by atoms with Gasteiger partial charge in [0.25, 0.3) is 0 Å². The lowest BCUT2D eigenvalue weighted by Gasteiger charge is -2.22. The predicted molar refractivity (Wildman–Crippen MR) is 44.7 cm³/mol. The molecule has 1 unspecified atom stereocenters. The Morgan fingerprint density at radius 1 is 1.55 bits per heavy atom. The third kappa shape index (κ3) is 3.68. The molecule has 0 N–H and O–H groups in total. The van der Waals surface area contributed by atoms with Crippen LogP contribution in [0.5, 0.6) is 0 Å². The second-order valence-corrected chi connectivity index (χ2v) is 3.80. The second-order valence-electron chi connectivity index (χ2n) is 2.31. The molecule has 11 heavy (non-hydrogen) atoms. The van der Waals surface area contributed by atoms with Crippen LogP contribution in [0.4, 0.5) is 0 Å². The van der Waals surface area contributed by atoms with E-state index in [2.05, 4.69) is 0 Å². The Morgan fingerprint density at radius 3 is 2.73 bits per heavy atom. The molecule has 0 aliphatic carbocycles. The van der Waals surface area contributed by atoms with Crippen LogP contribution in [0, 0.1) is 0 Å². The van der Waals surface area contributed by atoms with Crippen molar-refractivity contribution in [3.05, 3.63) is 0 Å². The van der Waals surface area contributed by atoms with Crippen molar-refractivity contribution in [3.8, 4) is 0 Å². The lowest BCUT2D eigenvalue weighted by molar-refractivity contribution is 0.0980. The number of alkyl halides is 1. The highest BCUT2D eigenvalue weighted by Gasteiger charge is 2.19. The molecule has 0 amide bonds. The van der Waals surface area contributed by atoms with E-state index in [-0.39, 0.29) is 6.10 Å². The molecule has 0 saturated carbocycles. The van der Waals surface area contributed by atoms with Crippen molar-refractivity contribution in [2.75, 3.05) is 19.1 Å². The fourth-order valence-corrected chi connectivity index (χ4v) is 1.88. The SMILES string of the molecule is CC(CCl)OP1OCCCO1. The normalized spacial score (nSPS) is 23.5. The summed E-state index contributed by atoms with van der Waals surface area (Å²) in [5.74, 6) is 0.478. The average Bonchev–Trinajstić information content (AvgIpc) is 2.06. The maximum absolute atomic E-state index is 5.55. The van der Waals surface area contributed by atoms with Gasteiger partial charge in [0, 0.05) is 5.88 Å². The maximum Gasteiger partial charge on any atom is 0.332 e. The smallest absolute Gasteiger partial charge is 0.312 e. The molecular weight excluding hydrogens is 186 g/mol. The van der Waals surface area contributed by atoms with Crippen LogP contribution in [0.2, 0.25) is 0 Å². The molecule has 0 aromatic carbocycles. The molecule has 0 spiro atoms. The van der Waals surface area contributed by atoms with E-state index in [0.29, 0.717) is 5.88 Å². The topological polar surface area (TPSA) is 27.7 Å². The summed E-state index contributed by atoms with van der Waals surface area (Å²) < 4.78 is 15.8. The zero-order valence-corrected chi connectivity index (χ0v) is 8.11. The Balaban J connectivity index is 2.13. The predicted octanol–water partition coefficient (Wildman–Crippen LogP) is 2.29. The van der Waals surface area contributed by atoms with Gasteiger partial charge in [0.1, 0.15) is 0 Å². The van der Waals surface area contributed by atoms with Crippen LogP contribution in [-0.2, 0) is 13.6 Å². The van der Waals surface area contributed by atoms with Crippen LogP contribution in [0.15, 0.2) is 0 Å². The average molecular weight is 199 g/mol. The zero-order valence-electron chi connectivity index (χ0n) is 6.46. The van der Waals surface area contributed by atoms with Crippen LogP contribution in [0.25, 0.3) is 0 Å². The summed E-state index contributed by atoms with van der Waals surface area (Å²) in [5.41, 5.74) is 0. The molecule has 5 heteroatoms. The number of hydrogen-bond acceptors (Lipinski definition) is 3. The number of halogens is 1. The van der Waals surface area contributed by atoms with Crippen LogP contribution in [0.3, 0.4) is 0 Å². The Hall–Kier alpha value is 0.600. The summed E-state index contributed by atoms with van der Waals surface area (Å²) in [5, 5.41) is 0. The van der Waals surface area contributed by atoms with Gasteiger partial charge in [-0.25, -0.2) is 0 Å². The van der Waals surface area contributed by atoms with E-state index in [1.54, 1.807) is 0 Å². The van der Waals surface area contributed by atoms with E-state index in [0.717, 1.165) is 19.6 Å². The highest BCUT2D eigenvalue weighted by Crippen LogP contribution is 2.43. The maximum atomic E-state index is 5.55. The molecule has 1 saturated heterocycles. The van der Waals surface area contributed by atoms with E-state index in [4.69, 9.17) is 25.2 Å². The summed E-state index contributed by atoms with van der Waals surface area (Å²) >= 11 is 5.55. The van der Waals surface area contributed by atoms with E-state index >= 15 is 0 Å². The molecule has 1 aliphatic heterocycles. The highest BCUT2D eigenvalue weighted by atomic mass is 35.5. The first kappa shape index (κ1) is 9.69. The lowest BCUT2D eigenvalue weighted by atomic mass is 10.5. The van der Waals surface area contributed by atoms with Gasteiger partial charge in [-0.15, -0.1) is 11.6 Å². The summed E-state index contributed by atoms with van der Waals surface area (Å²) in [6, 6.07) is 0. The van der Waals surface area contributed by atoms with Crippen molar-refractivity contribution in [3.63, 3.8) is 0 Å². The summed E-state index contributed by atoms with van der Waals surface area (Å²) in [6.45, 7) is 3.37. The first-order valence-corrected chi connectivity index (χ1v) is 5.24. The monoisotopic (exact) mass is 198 g/mol. The summed E-state index contributed by atoms with van der Waals surface area (Å²) in [6.07, 6.45) is 0.971. The lowest BCUT2D eigenvalue weighted by Crippen LogP contribution is -2.12. The van der Waals surface area contributed by atoms with Crippen LogP contribution in [0.1, 0.15) is 13.3 Å². The van der Waals surface area contributed by atoms with Crippen molar-refractivity contribution in [1.29, 1.82) is 0 Å². The van der Waals surface area contributed by atoms with E-state index in [1.165, 1.54) is 0 Å². The Bertz CT molecular complexity index is 108. The van der Waals surface area contributed by atoms with Gasteiger partial charge in [-0.05, 0) is 13.3 Å². The molecule has 0 aromatic heterocycles. The minimum atomic E-state index is -1.10. The largest absolute Gasteiger partial charge is 0.332 e. The molecular formula is C6H12ClO3P. The van der Waals surface area contributed by atoms with E-state index in [9.17, 15) is 0 Å². The Kier molecular flexibility index (Phi) is 4.65. The second kappa shape index (κ2) is 5.28. The molecule has 1 rings (SSSR count). The molecule has 1 heterocycles. The molecule has 1 fully saturated rings. The molecule has 66 valence electrons. The van der Waals surface area contributed by atoms with Gasteiger partial charge in [0.2, 0.25) is 0 Å². The van der Waals surface area contributed by atoms with Crippen molar-refractivity contribution in [2.45, 2.75) is 19.4 Å². The minimum absolute atomic E-state index is 0.0147. The number of hydrogen-bond donors (Lipinski definition) is 0. The van der Waals surface area contributed by atoms with Gasteiger partial charge in [-0.1, -0.05) is 0 Å². The van der Waals surface area contributed by atoms with Crippen LogP contribution >= 0.6 is 20.2 Å². The van der Waals surface area contributed by atoms with Gasteiger partial charge >= 0.3 is 8.60 Å². The van der Waals surface area contributed by atoms with Gasteiger partial charge in [-0.3, -0.25) is 0 Å². The number of rotatable bonds is 3. The summed E-state index contributed by atoms with van der Waals surface area (Å²) in [4.78, 5) is 0. The molecule has 3 nitrogen and oxygen atoms in total. The van der Waals surface area contributed by atoms with Crippen LogP contribution < -0.4 is 0 Å². The van der Waals surface area contributed by atoms with Crippen molar-refractivity contribution in [2.24, 2.45) is 0 Å². The Labute approximate surface area is 73.0 Å². The fraction of sp³-hybridized carbons (Fsp3) is 1.00. The van der Waals surface area contributed by atoms with Crippen LogP contribution in [-0.4, -0.2) is 25.2 Å². The highest BCUT2D eigenvalue weighted by molar-refractivity contribution is 7.41. The molecule has 0 radical (unpaired) electrons. The third-order valence-electron chi connectivity index (χ3n) is 1.17. The van der Waals surface area contributed by atoms with Crippen molar-refractivity contribution < 1.29 is 13.6 Å². The summed E-state index contributed by atoms with van der Waals surface area (Å²) in [7, 11) is -1.10. The van der Waals surface area contributed by atoms with E-state index < -0.39 is 8.60 Å². The first-order chi connectivity index (χ1) is 5.33. The molecule has 0 aromatic rings. The van der Waals surface area contributed by atoms with Crippen molar-refractivity contribution >= 4 is 20.2 Å². The third-order valence-corrected chi connectivity index (χ3v) is 2.92. The molecule has 1 atom stereocenters. The molecule has 1 aliphatic rings. The van der Waals surface area contributed by atoms with Gasteiger partial charge in [0.05, 0.1) is 19.3 Å². The van der Waals surface area contributed by atoms with Gasteiger partial charge in [-0.2, -0.15) is 0 Å². The minimum Gasteiger partial charge on any atom is -0.312 e. The van der Waals surface area contributed by atoms with E-state index in [1.807, 2.05) is 6.92 Å². The molecule has 0 bridgehead atoms. The van der Waals surface area contributed by atoms with Gasteiger partial charge < -0.3 is 13.6 Å². The van der Waals surface area contributed by atoms with Crippen molar-refractivity contribution in [1.82, 2.24) is 0 Å². The quantitative estimate of drug-likeness (QED) is 0.515. The zero-order chi connectivity index (χ0) is 8.10.